The fourth-order valence-corrected chi connectivity index (χ4v) is 4.88. The second kappa shape index (κ2) is 8.54. The highest BCUT2D eigenvalue weighted by Gasteiger charge is 2.35. The van der Waals surface area contributed by atoms with Crippen molar-refractivity contribution in [2.24, 2.45) is 7.05 Å². The number of piperazine rings is 1. The van der Waals surface area contributed by atoms with E-state index in [0.29, 0.717) is 31.4 Å². The molecule has 32 heavy (non-hydrogen) atoms. The standard InChI is InChI=1S/C20H22BrF3N4O4/c1-26-15-9-13(32-20(22,23)24)8-14(21)17(15)25-18(26)19(31)27-6-7-28(16(30)10-27)11-2-4-12(29)5-3-11/h8-9,11-12,29H,2-7,10H2,1H3. The zero-order chi connectivity index (χ0) is 23.2. The molecule has 0 bridgehead atoms. The van der Waals surface area contributed by atoms with Crippen LogP contribution in [0.25, 0.3) is 11.0 Å². The van der Waals surface area contributed by atoms with E-state index in [1.807, 2.05) is 0 Å². The van der Waals surface area contributed by atoms with Crippen molar-refractivity contribution in [2.45, 2.75) is 44.2 Å². The molecule has 8 nitrogen and oxygen atoms in total. The van der Waals surface area contributed by atoms with Crippen LogP contribution >= 0.6 is 15.9 Å². The van der Waals surface area contributed by atoms with Crippen LogP contribution in [0.4, 0.5) is 13.2 Å². The third-order valence-electron chi connectivity index (χ3n) is 5.99. The largest absolute Gasteiger partial charge is 0.573 e. The minimum atomic E-state index is -4.85. The molecule has 1 saturated heterocycles. The summed E-state index contributed by atoms with van der Waals surface area (Å²) in [6, 6.07) is 2.38. The van der Waals surface area contributed by atoms with E-state index in [-0.39, 0.29) is 40.4 Å². The number of imidazole rings is 1. The Hall–Kier alpha value is -2.34. The Balaban J connectivity index is 1.52. The van der Waals surface area contributed by atoms with Gasteiger partial charge in [0.25, 0.3) is 5.91 Å². The number of amides is 2. The van der Waals surface area contributed by atoms with E-state index in [0.717, 1.165) is 25.0 Å². The highest BCUT2D eigenvalue weighted by molar-refractivity contribution is 9.10. The Morgan fingerprint density at radius 3 is 2.53 bits per heavy atom. The van der Waals surface area contributed by atoms with Crippen molar-refractivity contribution in [3.63, 3.8) is 0 Å². The molecule has 0 radical (unpaired) electrons. The Kier molecular flexibility index (Phi) is 6.10. The Labute approximate surface area is 190 Å². The molecule has 4 rings (SSSR count). The maximum absolute atomic E-state index is 13.1. The molecular formula is C20H22BrF3N4O4. The summed E-state index contributed by atoms with van der Waals surface area (Å²) < 4.78 is 43.4. The number of carbonyl (C=O) groups is 2. The van der Waals surface area contributed by atoms with E-state index in [9.17, 15) is 27.9 Å². The molecule has 1 aliphatic heterocycles. The van der Waals surface area contributed by atoms with Crippen LogP contribution in [0, 0.1) is 0 Å². The van der Waals surface area contributed by atoms with Gasteiger partial charge in [0, 0.05) is 36.7 Å². The SMILES string of the molecule is Cn1c(C(=O)N2CCN(C3CCC(O)CC3)C(=O)C2)nc2c(Br)cc(OC(F)(F)F)cc21. The lowest BCUT2D eigenvalue weighted by Gasteiger charge is -2.41. The van der Waals surface area contributed by atoms with Gasteiger partial charge in [-0.2, -0.15) is 0 Å². The van der Waals surface area contributed by atoms with Crippen LogP contribution in [-0.4, -0.2) is 74.4 Å². The van der Waals surface area contributed by atoms with Crippen LogP contribution in [0.15, 0.2) is 16.6 Å². The Morgan fingerprint density at radius 2 is 1.91 bits per heavy atom. The molecule has 1 saturated carbocycles. The zero-order valence-corrected chi connectivity index (χ0v) is 18.8. The molecule has 2 heterocycles. The number of ether oxygens (including phenoxy) is 1. The van der Waals surface area contributed by atoms with Crippen LogP contribution in [0.1, 0.15) is 36.3 Å². The molecule has 1 N–H and O–H groups in total. The van der Waals surface area contributed by atoms with Crippen LogP contribution in [0.3, 0.4) is 0 Å². The first-order chi connectivity index (χ1) is 15.0. The predicted molar refractivity (Wildman–Crippen MR) is 111 cm³/mol. The molecular weight excluding hydrogens is 497 g/mol. The summed E-state index contributed by atoms with van der Waals surface area (Å²) in [6.45, 7) is 0.629. The first-order valence-corrected chi connectivity index (χ1v) is 11.0. The number of nitrogens with zero attached hydrogens (tertiary/aromatic N) is 4. The summed E-state index contributed by atoms with van der Waals surface area (Å²) >= 11 is 3.19. The predicted octanol–water partition coefficient (Wildman–Crippen LogP) is 2.82. The third kappa shape index (κ3) is 4.56. The number of carbonyl (C=O) groups excluding carboxylic acids is 2. The number of aromatic nitrogens is 2. The maximum atomic E-state index is 13.1. The lowest BCUT2D eigenvalue weighted by atomic mass is 9.91. The monoisotopic (exact) mass is 518 g/mol. The van der Waals surface area contributed by atoms with E-state index in [4.69, 9.17) is 0 Å². The second-order valence-corrected chi connectivity index (χ2v) is 8.95. The van der Waals surface area contributed by atoms with Gasteiger partial charge >= 0.3 is 6.36 Å². The average Bonchev–Trinajstić information content (AvgIpc) is 3.04. The third-order valence-corrected chi connectivity index (χ3v) is 6.59. The summed E-state index contributed by atoms with van der Waals surface area (Å²) in [7, 11) is 1.53. The molecule has 2 fully saturated rings. The molecule has 0 atom stereocenters. The average molecular weight is 519 g/mol. The number of aliphatic hydroxyl groups excluding tert-OH is 1. The first-order valence-electron chi connectivity index (χ1n) is 10.2. The number of halogens is 4. The molecule has 174 valence electrons. The van der Waals surface area contributed by atoms with Crippen molar-refractivity contribution < 1.29 is 32.6 Å². The normalized spacial score (nSPS) is 22.5. The highest BCUT2D eigenvalue weighted by atomic mass is 79.9. The fourth-order valence-electron chi connectivity index (χ4n) is 4.36. The van der Waals surface area contributed by atoms with Crippen LogP contribution in [0.2, 0.25) is 0 Å². The molecule has 1 aliphatic carbocycles. The molecule has 0 spiro atoms. The van der Waals surface area contributed by atoms with Crippen molar-refractivity contribution in [2.75, 3.05) is 19.6 Å². The number of hydrogen-bond donors (Lipinski definition) is 1. The molecule has 1 aromatic carbocycles. The number of alkyl halides is 3. The summed E-state index contributed by atoms with van der Waals surface area (Å²) in [5, 5.41) is 9.68. The zero-order valence-electron chi connectivity index (χ0n) is 17.2. The molecule has 2 aromatic rings. The van der Waals surface area contributed by atoms with E-state index in [1.54, 1.807) is 4.90 Å². The van der Waals surface area contributed by atoms with Crippen molar-refractivity contribution >= 4 is 38.8 Å². The van der Waals surface area contributed by atoms with Gasteiger partial charge in [-0.3, -0.25) is 9.59 Å². The van der Waals surface area contributed by atoms with Gasteiger partial charge in [0.05, 0.1) is 11.6 Å². The van der Waals surface area contributed by atoms with Crippen molar-refractivity contribution in [3.8, 4) is 5.75 Å². The lowest BCUT2D eigenvalue weighted by molar-refractivity contribution is -0.274. The summed E-state index contributed by atoms with van der Waals surface area (Å²) in [6.07, 6.45) is -2.37. The van der Waals surface area contributed by atoms with E-state index < -0.39 is 18.0 Å². The lowest BCUT2D eigenvalue weighted by Crippen LogP contribution is -2.56. The van der Waals surface area contributed by atoms with Gasteiger partial charge in [0.15, 0.2) is 5.82 Å². The van der Waals surface area contributed by atoms with Crippen molar-refractivity contribution in [1.29, 1.82) is 0 Å². The molecule has 1 aromatic heterocycles. The van der Waals surface area contributed by atoms with Gasteiger partial charge in [-0.15, -0.1) is 13.2 Å². The number of hydrogen-bond acceptors (Lipinski definition) is 5. The molecule has 2 amide bonds. The molecule has 2 aliphatic rings. The molecule has 12 heteroatoms. The second-order valence-electron chi connectivity index (χ2n) is 8.09. The number of fused-ring (bicyclic) bond motifs is 1. The van der Waals surface area contributed by atoms with E-state index in [1.165, 1.54) is 16.5 Å². The number of aryl methyl sites for hydroxylation is 1. The Bertz CT molecular complexity index is 1050. The number of rotatable bonds is 3. The van der Waals surface area contributed by atoms with Gasteiger partial charge in [-0.05, 0) is 47.7 Å². The minimum absolute atomic E-state index is 0.0203. The van der Waals surface area contributed by atoms with Crippen LogP contribution < -0.4 is 4.74 Å². The van der Waals surface area contributed by atoms with E-state index in [2.05, 4.69) is 25.7 Å². The summed E-state index contributed by atoms with van der Waals surface area (Å²) in [4.78, 5) is 33.3. The summed E-state index contributed by atoms with van der Waals surface area (Å²) in [5.74, 6) is -1.04. The van der Waals surface area contributed by atoms with Crippen molar-refractivity contribution in [3.05, 3.63) is 22.4 Å². The number of benzene rings is 1. The quantitative estimate of drug-likeness (QED) is 0.674. The highest BCUT2D eigenvalue weighted by Crippen LogP contribution is 2.33. The van der Waals surface area contributed by atoms with Gasteiger partial charge in [-0.25, -0.2) is 4.98 Å². The van der Waals surface area contributed by atoms with E-state index >= 15 is 0 Å². The van der Waals surface area contributed by atoms with Gasteiger partial charge in [-0.1, -0.05) is 0 Å². The Morgan fingerprint density at radius 1 is 1.22 bits per heavy atom. The van der Waals surface area contributed by atoms with Crippen LogP contribution in [0.5, 0.6) is 5.75 Å². The smallest absolute Gasteiger partial charge is 0.406 e. The number of aliphatic hydroxyl groups is 1. The summed E-state index contributed by atoms with van der Waals surface area (Å²) in [5.41, 5.74) is 0.601. The van der Waals surface area contributed by atoms with Gasteiger partial charge < -0.3 is 24.2 Å². The van der Waals surface area contributed by atoms with Crippen LogP contribution in [-0.2, 0) is 11.8 Å². The maximum Gasteiger partial charge on any atom is 0.573 e. The fraction of sp³-hybridized carbons (Fsp3) is 0.550. The van der Waals surface area contributed by atoms with Gasteiger partial charge in [0.2, 0.25) is 5.91 Å². The van der Waals surface area contributed by atoms with Gasteiger partial charge in [0.1, 0.15) is 17.8 Å². The first kappa shape index (κ1) is 22.8. The molecule has 0 unspecified atom stereocenters. The minimum Gasteiger partial charge on any atom is -0.406 e. The van der Waals surface area contributed by atoms with Crippen molar-refractivity contribution in [1.82, 2.24) is 19.4 Å². The topological polar surface area (TPSA) is 87.9 Å².